The Morgan fingerprint density at radius 1 is 1.15 bits per heavy atom. The normalized spacial score (nSPS) is 16.6. The summed E-state index contributed by atoms with van der Waals surface area (Å²) in [6.45, 7) is 8.46. The molecule has 2 N–H and O–H groups in total. The Kier molecular flexibility index (Phi) is 5.99. The van der Waals surface area contributed by atoms with E-state index in [4.69, 9.17) is 1.41 Å². The van der Waals surface area contributed by atoms with Crippen molar-refractivity contribution < 1.29 is 1.41 Å². The van der Waals surface area contributed by atoms with Crippen LogP contribution in [0.2, 0.25) is 1.41 Å². The molecule has 1 aromatic heterocycles. The number of benzene rings is 1. The molecule has 1 aliphatic rings. The van der Waals surface area contributed by atoms with E-state index in [-0.39, 0.29) is 0 Å². The van der Waals surface area contributed by atoms with Crippen LogP contribution < -0.4 is 5.32 Å². The third-order valence-electron chi connectivity index (χ3n) is 3.69. The van der Waals surface area contributed by atoms with Crippen molar-refractivity contribution in [1.29, 1.82) is 0 Å². The second kappa shape index (κ2) is 8.77. The molecule has 0 bridgehead atoms. The summed E-state index contributed by atoms with van der Waals surface area (Å²) < 4.78 is 7.36. The van der Waals surface area contributed by atoms with Crippen LogP contribution in [0.5, 0.6) is 0 Å². The van der Waals surface area contributed by atoms with Gasteiger partial charge in [0.25, 0.3) is 0 Å². The largest absolute Gasteiger partial charge is 0.361 e. The van der Waals surface area contributed by atoms with Crippen LogP contribution in [0.4, 0.5) is 0 Å². The van der Waals surface area contributed by atoms with Gasteiger partial charge in [0.05, 0.1) is 0 Å². The van der Waals surface area contributed by atoms with Gasteiger partial charge in [-0.25, -0.2) is 0 Å². The Balaban J connectivity index is 0.000000154. The van der Waals surface area contributed by atoms with Crippen LogP contribution in [0.25, 0.3) is 10.9 Å². The molecule has 0 unspecified atom stereocenters. The third kappa shape index (κ3) is 4.99. The van der Waals surface area contributed by atoms with E-state index in [1.165, 1.54) is 57.0 Å². The fourth-order valence-corrected chi connectivity index (χ4v) is 2.46. The predicted molar refractivity (Wildman–Crippen MR) is 87.1 cm³/mol. The number of rotatable bonds is 4. The van der Waals surface area contributed by atoms with Gasteiger partial charge in [0.1, 0.15) is 0 Å². The molecule has 110 valence electrons. The first-order chi connectivity index (χ1) is 10.3. The first kappa shape index (κ1) is 13.7. The zero-order valence-corrected chi connectivity index (χ0v) is 12.5. The third-order valence-corrected chi connectivity index (χ3v) is 3.69. The second-order valence-corrected chi connectivity index (χ2v) is 5.30. The molecule has 1 aromatic carbocycles. The summed E-state index contributed by atoms with van der Waals surface area (Å²) in [5.74, 6) is 0. The molecule has 3 heteroatoms. The van der Waals surface area contributed by atoms with E-state index in [2.05, 4.69) is 17.1 Å². The number of aromatic nitrogens is 1. The topological polar surface area (TPSA) is 31.1 Å². The Bertz CT molecular complexity index is 517. The summed E-state index contributed by atoms with van der Waals surface area (Å²) in [4.78, 5) is 3.93. The van der Waals surface area contributed by atoms with Crippen LogP contribution in [-0.2, 0) is 0 Å². The lowest BCUT2D eigenvalue weighted by Crippen LogP contribution is -2.43. The van der Waals surface area contributed by atoms with Crippen molar-refractivity contribution in [2.45, 2.75) is 26.2 Å². The lowest BCUT2D eigenvalue weighted by molar-refractivity contribution is 0.236. The minimum Gasteiger partial charge on any atom is -0.361 e. The average molecular weight is 274 g/mol. The highest BCUT2D eigenvalue weighted by Crippen LogP contribution is 2.09. The lowest BCUT2D eigenvalue weighted by Gasteiger charge is -2.26. The molecule has 1 aliphatic heterocycles. The maximum atomic E-state index is 7.36. The highest BCUT2D eigenvalue weighted by Gasteiger charge is 2.07. The smallest absolute Gasteiger partial charge is 0.166 e. The maximum absolute atomic E-state index is 7.36. The zero-order chi connectivity index (χ0) is 14.9. The average Bonchev–Trinajstić information content (AvgIpc) is 2.91. The SMILES string of the molecule is CCCCCN1CCNCC1.[2H]n1ccc2ccccc21. The van der Waals surface area contributed by atoms with E-state index in [1.807, 2.05) is 30.3 Å². The van der Waals surface area contributed by atoms with Gasteiger partial charge in [-0.3, -0.25) is 0 Å². The van der Waals surface area contributed by atoms with Crippen LogP contribution in [0.15, 0.2) is 36.5 Å². The molecule has 3 nitrogen and oxygen atoms in total. The van der Waals surface area contributed by atoms with Crippen molar-refractivity contribution in [3.8, 4) is 0 Å². The highest BCUT2D eigenvalue weighted by molar-refractivity contribution is 5.78. The fourth-order valence-electron chi connectivity index (χ4n) is 2.46. The number of aromatic amines is 1. The zero-order valence-electron chi connectivity index (χ0n) is 13.5. The number of nitrogens with zero attached hydrogens (tertiary/aromatic N) is 1. The molecule has 0 atom stereocenters. The van der Waals surface area contributed by atoms with Gasteiger partial charge in [-0.2, -0.15) is 0 Å². The first-order valence-corrected chi connectivity index (χ1v) is 7.79. The van der Waals surface area contributed by atoms with E-state index in [9.17, 15) is 0 Å². The van der Waals surface area contributed by atoms with Gasteiger partial charge in [0.2, 0.25) is 0 Å². The van der Waals surface area contributed by atoms with Gasteiger partial charge in [-0.1, -0.05) is 38.0 Å². The van der Waals surface area contributed by atoms with Crippen molar-refractivity contribution in [3.05, 3.63) is 36.5 Å². The molecule has 20 heavy (non-hydrogen) atoms. The molecule has 1 saturated heterocycles. The minimum absolute atomic E-state index is 0.961. The van der Waals surface area contributed by atoms with Gasteiger partial charge >= 0.3 is 0 Å². The van der Waals surface area contributed by atoms with Gasteiger partial charge in [-0.05, 0) is 30.5 Å². The van der Waals surface area contributed by atoms with Gasteiger partial charge in [0, 0.05) is 37.9 Å². The number of unbranched alkanes of at least 4 members (excludes halogenated alkanes) is 2. The number of nitrogens with one attached hydrogen (secondary N) is 2. The van der Waals surface area contributed by atoms with Crippen molar-refractivity contribution in [2.24, 2.45) is 0 Å². The predicted octanol–water partition coefficient (Wildman–Crippen LogP) is 3.25. The van der Waals surface area contributed by atoms with Gasteiger partial charge in [0.15, 0.2) is 1.41 Å². The molecular weight excluding hydrogens is 246 g/mol. The standard InChI is InChI=1S/C9H20N2.C8H7N/c1-2-3-4-7-11-8-5-10-6-9-11;1-2-4-8-7(3-1)5-6-9-8/h10H,2-9H2,1H3;1-6,9H/i/hD. The number of hydrogen-bond acceptors (Lipinski definition) is 2. The first-order valence-electron chi connectivity index (χ1n) is 8.24. The van der Waals surface area contributed by atoms with Crippen LogP contribution in [-0.4, -0.2) is 42.6 Å². The summed E-state index contributed by atoms with van der Waals surface area (Å²) in [6.07, 6.45) is 5.86. The van der Waals surface area contributed by atoms with Crippen LogP contribution >= 0.6 is 0 Å². The monoisotopic (exact) mass is 274 g/mol. The molecule has 2 heterocycles. The van der Waals surface area contributed by atoms with E-state index in [0.717, 1.165) is 10.9 Å². The lowest BCUT2D eigenvalue weighted by atomic mass is 10.2. The molecule has 0 amide bonds. The molecule has 0 saturated carbocycles. The molecule has 0 spiro atoms. The fraction of sp³-hybridized carbons (Fsp3) is 0.529. The number of fused-ring (bicyclic) bond motifs is 1. The molecule has 0 radical (unpaired) electrons. The summed E-state index contributed by atoms with van der Waals surface area (Å²) in [7, 11) is 0. The van der Waals surface area contributed by atoms with E-state index < -0.39 is 0 Å². The molecule has 1 fully saturated rings. The quantitative estimate of drug-likeness (QED) is 0.839. The van der Waals surface area contributed by atoms with Crippen molar-refractivity contribution in [2.75, 3.05) is 32.7 Å². The van der Waals surface area contributed by atoms with Crippen LogP contribution in [0.3, 0.4) is 0 Å². The Hall–Kier alpha value is -1.32. The Labute approximate surface area is 123 Å². The molecular formula is C17H27N3. The number of hydrogen-bond donors (Lipinski definition) is 2. The Morgan fingerprint density at radius 2 is 1.95 bits per heavy atom. The van der Waals surface area contributed by atoms with E-state index in [1.54, 1.807) is 6.20 Å². The molecule has 3 rings (SSSR count). The summed E-state index contributed by atoms with van der Waals surface area (Å²) in [6, 6.07) is 9.78. The number of para-hydroxylation sites is 1. The van der Waals surface area contributed by atoms with Crippen molar-refractivity contribution in [3.63, 3.8) is 0 Å². The number of piperazine rings is 1. The van der Waals surface area contributed by atoms with Gasteiger partial charge in [-0.15, -0.1) is 0 Å². The van der Waals surface area contributed by atoms with E-state index in [0.29, 0.717) is 0 Å². The molecule has 2 aromatic rings. The van der Waals surface area contributed by atoms with Crippen LogP contribution in [0.1, 0.15) is 26.2 Å². The molecule has 0 aliphatic carbocycles. The van der Waals surface area contributed by atoms with Crippen LogP contribution in [0, 0.1) is 0 Å². The van der Waals surface area contributed by atoms with Gasteiger partial charge < -0.3 is 15.2 Å². The Morgan fingerprint density at radius 3 is 2.70 bits per heavy atom. The van der Waals surface area contributed by atoms with E-state index >= 15 is 0 Å². The van der Waals surface area contributed by atoms with Crippen molar-refractivity contribution >= 4 is 10.9 Å². The minimum atomic E-state index is 0.961. The number of H-pyrrole nitrogens is 1. The summed E-state index contributed by atoms with van der Waals surface area (Å²) in [5, 5.41) is 4.49. The second-order valence-electron chi connectivity index (χ2n) is 5.30. The summed E-state index contributed by atoms with van der Waals surface area (Å²) >= 11 is 0. The van der Waals surface area contributed by atoms with Crippen molar-refractivity contribution in [1.82, 2.24) is 15.2 Å². The highest BCUT2D eigenvalue weighted by atomic mass is 15.2. The maximum Gasteiger partial charge on any atom is 0.166 e. The summed E-state index contributed by atoms with van der Waals surface area (Å²) in [5.41, 5.74) is 0.961.